The first kappa shape index (κ1) is 17.3. The molecule has 0 N–H and O–H groups in total. The van der Waals surface area contributed by atoms with Crippen molar-refractivity contribution >= 4 is 17.6 Å². The van der Waals surface area contributed by atoms with Gasteiger partial charge in [0.2, 0.25) is 0 Å². The Bertz CT molecular complexity index is 511. The molecule has 1 unspecified atom stereocenters. The molecule has 4 heteroatoms. The molecule has 0 heterocycles. The summed E-state index contributed by atoms with van der Waals surface area (Å²) in [5, 5.41) is 0.506. The summed E-state index contributed by atoms with van der Waals surface area (Å²) in [7, 11) is 0. The van der Waals surface area contributed by atoms with Crippen molar-refractivity contribution in [3.05, 3.63) is 54.1 Å². The molecule has 1 rings (SSSR count). The highest BCUT2D eigenvalue weighted by atomic mass is 35.5. The van der Waals surface area contributed by atoms with Crippen LogP contribution in [-0.2, 0) is 4.74 Å². The van der Waals surface area contributed by atoms with E-state index in [2.05, 4.69) is 13.2 Å². The number of rotatable bonds is 8. The van der Waals surface area contributed by atoms with E-state index in [1.165, 1.54) is 0 Å². The second kappa shape index (κ2) is 8.53. The third kappa shape index (κ3) is 5.64. The normalized spacial score (nSPS) is 13.1. The number of carbonyl (C=O) groups excluding carboxylic acids is 1. The molecule has 0 fully saturated rings. The van der Waals surface area contributed by atoms with Crippen molar-refractivity contribution in [3.63, 3.8) is 0 Å². The van der Waals surface area contributed by atoms with E-state index in [4.69, 9.17) is 21.1 Å². The van der Waals surface area contributed by atoms with Crippen LogP contribution in [0, 0.1) is 0 Å². The van der Waals surface area contributed by atoms with Gasteiger partial charge in [-0.05, 0) is 32.0 Å². The topological polar surface area (TPSA) is 35.5 Å². The van der Waals surface area contributed by atoms with Gasteiger partial charge in [0.25, 0.3) is 0 Å². The largest absolute Gasteiger partial charge is 0.489 e. The Balaban J connectivity index is 2.92. The number of hydrogen-bond acceptors (Lipinski definition) is 3. The Hall–Kier alpha value is -1.74. The van der Waals surface area contributed by atoms with E-state index in [-0.39, 0.29) is 12.2 Å². The Morgan fingerprint density at radius 1 is 1.24 bits per heavy atom. The fourth-order valence-corrected chi connectivity index (χ4v) is 1.95. The Labute approximate surface area is 131 Å². The Morgan fingerprint density at radius 3 is 2.48 bits per heavy atom. The van der Waals surface area contributed by atoms with Crippen LogP contribution in [0.1, 0.15) is 37.0 Å². The first-order chi connectivity index (χ1) is 9.97. The molecule has 114 valence electrons. The van der Waals surface area contributed by atoms with E-state index in [0.717, 1.165) is 0 Å². The van der Waals surface area contributed by atoms with E-state index in [1.54, 1.807) is 30.4 Å². The van der Waals surface area contributed by atoms with Crippen molar-refractivity contribution < 1.29 is 14.3 Å². The van der Waals surface area contributed by atoms with Gasteiger partial charge in [-0.3, -0.25) is 0 Å². The molecule has 1 aromatic carbocycles. The lowest BCUT2D eigenvalue weighted by Gasteiger charge is -2.17. The number of ether oxygens (including phenoxy) is 2. The number of benzene rings is 1. The van der Waals surface area contributed by atoms with Crippen molar-refractivity contribution in [2.75, 3.05) is 0 Å². The van der Waals surface area contributed by atoms with Crippen LogP contribution in [0.15, 0.2) is 43.5 Å². The van der Waals surface area contributed by atoms with Crippen LogP contribution in [0.2, 0.25) is 5.02 Å². The van der Waals surface area contributed by atoms with Crippen molar-refractivity contribution in [2.45, 2.75) is 38.9 Å². The highest BCUT2D eigenvalue weighted by Gasteiger charge is 2.18. The molecule has 0 spiro atoms. The average Bonchev–Trinajstić information content (AvgIpc) is 2.38. The van der Waals surface area contributed by atoms with E-state index >= 15 is 0 Å². The fourth-order valence-electron chi connectivity index (χ4n) is 1.79. The molecule has 0 saturated carbocycles. The van der Waals surface area contributed by atoms with Crippen LogP contribution in [0.3, 0.4) is 0 Å². The lowest BCUT2D eigenvalue weighted by atomic mass is 10.2. The van der Waals surface area contributed by atoms with Crippen molar-refractivity contribution in [3.8, 4) is 5.75 Å². The number of esters is 1. The summed E-state index contributed by atoms with van der Waals surface area (Å²) in [6, 6.07) is 4.87. The number of hydrogen-bond donors (Lipinski definition) is 0. The standard InChI is InChI=1S/C17H21ClO3/c1-5-7-12(3)20-16-11-14(18)9-10-15(16)17(19)21-13(4)8-6-2/h5-6,9-13H,1-2,7-8H2,3-4H3/t12-,13?/m0/s1. The van der Waals surface area contributed by atoms with Gasteiger partial charge in [-0.1, -0.05) is 23.8 Å². The van der Waals surface area contributed by atoms with Crippen LogP contribution in [0.25, 0.3) is 0 Å². The van der Waals surface area contributed by atoms with Gasteiger partial charge >= 0.3 is 5.97 Å². The molecular weight excluding hydrogens is 288 g/mol. The predicted octanol–water partition coefficient (Wildman–Crippen LogP) is 4.80. The molecule has 0 saturated heterocycles. The third-order valence-electron chi connectivity index (χ3n) is 2.80. The Morgan fingerprint density at radius 2 is 1.86 bits per heavy atom. The lowest BCUT2D eigenvalue weighted by molar-refractivity contribution is 0.0342. The highest BCUT2D eigenvalue weighted by Crippen LogP contribution is 2.26. The van der Waals surface area contributed by atoms with Crippen molar-refractivity contribution in [2.24, 2.45) is 0 Å². The minimum absolute atomic E-state index is 0.0990. The SMILES string of the molecule is C=CCC(C)OC(=O)c1ccc(Cl)cc1O[C@@H](C)CC=C. The third-order valence-corrected chi connectivity index (χ3v) is 3.03. The van der Waals surface area contributed by atoms with Crippen LogP contribution in [0.4, 0.5) is 0 Å². The maximum Gasteiger partial charge on any atom is 0.342 e. The zero-order valence-corrected chi connectivity index (χ0v) is 13.2. The smallest absolute Gasteiger partial charge is 0.342 e. The monoisotopic (exact) mass is 308 g/mol. The highest BCUT2D eigenvalue weighted by molar-refractivity contribution is 6.30. The van der Waals surface area contributed by atoms with Gasteiger partial charge in [0.15, 0.2) is 0 Å². The fraction of sp³-hybridized carbons (Fsp3) is 0.353. The minimum Gasteiger partial charge on any atom is -0.489 e. The van der Waals surface area contributed by atoms with Gasteiger partial charge in [0.05, 0.1) is 6.10 Å². The minimum atomic E-state index is -0.429. The van der Waals surface area contributed by atoms with Crippen LogP contribution >= 0.6 is 11.6 Å². The quantitative estimate of drug-likeness (QED) is 0.511. The molecule has 0 aliphatic carbocycles. The van der Waals surface area contributed by atoms with E-state index in [0.29, 0.717) is 29.2 Å². The van der Waals surface area contributed by atoms with Gasteiger partial charge < -0.3 is 9.47 Å². The van der Waals surface area contributed by atoms with Gasteiger partial charge in [-0.25, -0.2) is 4.79 Å². The number of carbonyl (C=O) groups is 1. The summed E-state index contributed by atoms with van der Waals surface area (Å²) in [4.78, 5) is 12.2. The van der Waals surface area contributed by atoms with E-state index in [9.17, 15) is 4.79 Å². The van der Waals surface area contributed by atoms with Crippen LogP contribution in [0.5, 0.6) is 5.75 Å². The molecular formula is C17H21ClO3. The molecule has 0 radical (unpaired) electrons. The molecule has 0 aliphatic heterocycles. The summed E-state index contributed by atoms with van der Waals surface area (Å²) in [5.41, 5.74) is 0.367. The van der Waals surface area contributed by atoms with Crippen LogP contribution in [-0.4, -0.2) is 18.2 Å². The molecule has 21 heavy (non-hydrogen) atoms. The molecule has 0 aliphatic rings. The summed E-state index contributed by atoms with van der Waals surface area (Å²) < 4.78 is 11.1. The average molecular weight is 309 g/mol. The van der Waals surface area contributed by atoms with Crippen molar-refractivity contribution in [1.29, 1.82) is 0 Å². The van der Waals surface area contributed by atoms with Gasteiger partial charge in [-0.15, -0.1) is 13.2 Å². The van der Waals surface area contributed by atoms with E-state index < -0.39 is 5.97 Å². The number of halogens is 1. The summed E-state index contributed by atoms with van der Waals surface area (Å²) in [6.07, 6.45) is 4.42. The predicted molar refractivity (Wildman–Crippen MR) is 86.0 cm³/mol. The maximum atomic E-state index is 12.2. The summed E-state index contributed by atoms with van der Waals surface area (Å²) in [5.74, 6) is -0.00512. The lowest BCUT2D eigenvalue weighted by Crippen LogP contribution is -2.17. The zero-order valence-electron chi connectivity index (χ0n) is 12.5. The molecule has 3 nitrogen and oxygen atoms in total. The summed E-state index contributed by atoms with van der Waals surface area (Å²) in [6.45, 7) is 11.0. The molecule has 0 bridgehead atoms. The molecule has 1 aromatic rings. The van der Waals surface area contributed by atoms with Gasteiger partial charge in [0, 0.05) is 17.9 Å². The second-order valence-electron chi connectivity index (χ2n) is 4.83. The van der Waals surface area contributed by atoms with Crippen LogP contribution < -0.4 is 4.74 Å². The first-order valence-electron chi connectivity index (χ1n) is 6.86. The van der Waals surface area contributed by atoms with Gasteiger partial charge in [0.1, 0.15) is 17.4 Å². The first-order valence-corrected chi connectivity index (χ1v) is 7.24. The zero-order chi connectivity index (χ0) is 15.8. The molecule has 0 aromatic heterocycles. The van der Waals surface area contributed by atoms with Crippen molar-refractivity contribution in [1.82, 2.24) is 0 Å². The van der Waals surface area contributed by atoms with Gasteiger partial charge in [-0.2, -0.15) is 0 Å². The molecule has 2 atom stereocenters. The summed E-state index contributed by atoms with van der Waals surface area (Å²) >= 11 is 5.97. The second-order valence-corrected chi connectivity index (χ2v) is 5.27. The van der Waals surface area contributed by atoms with E-state index in [1.807, 2.05) is 13.8 Å². The Kier molecular flexibility index (Phi) is 7.03. The molecule has 0 amide bonds. The maximum absolute atomic E-state index is 12.2.